The number of H-pyrrole nitrogens is 1. The quantitative estimate of drug-likeness (QED) is 0.729. The van der Waals surface area contributed by atoms with Crippen molar-refractivity contribution in [2.75, 3.05) is 11.9 Å². The number of anilines is 1. The zero-order valence-corrected chi connectivity index (χ0v) is 15.0. The van der Waals surface area contributed by atoms with E-state index >= 15 is 0 Å². The van der Waals surface area contributed by atoms with Gasteiger partial charge in [0.15, 0.2) is 5.13 Å². The lowest BCUT2D eigenvalue weighted by molar-refractivity contribution is 0.102. The number of carbonyl (C=O) groups excluding carboxylic acids is 1. The van der Waals surface area contributed by atoms with E-state index in [2.05, 4.69) is 44.5 Å². The maximum atomic E-state index is 12.2. The predicted octanol–water partition coefficient (Wildman–Crippen LogP) is 3.94. The Kier molecular flexibility index (Phi) is 4.57. The first kappa shape index (κ1) is 16.3. The predicted molar refractivity (Wildman–Crippen MR) is 100 cm³/mol. The fraction of sp³-hybridized carbons (Fsp3) is 0.222. The van der Waals surface area contributed by atoms with Gasteiger partial charge in [-0.05, 0) is 11.6 Å². The van der Waals surface area contributed by atoms with E-state index in [0.29, 0.717) is 15.8 Å². The summed E-state index contributed by atoms with van der Waals surface area (Å²) in [6.45, 7) is 2.78. The van der Waals surface area contributed by atoms with Gasteiger partial charge in [0.25, 0.3) is 5.91 Å². The number of thiazole rings is 1. The first-order valence-corrected chi connectivity index (χ1v) is 9.27. The van der Waals surface area contributed by atoms with Crippen LogP contribution >= 0.6 is 22.9 Å². The van der Waals surface area contributed by atoms with Crippen molar-refractivity contribution >= 4 is 34.0 Å². The Labute approximate surface area is 154 Å². The molecule has 2 aromatic heterocycles. The monoisotopic (exact) mass is 372 g/mol. The Morgan fingerprint density at radius 2 is 2.20 bits per heavy atom. The third kappa shape index (κ3) is 3.76. The molecule has 2 N–H and O–H groups in total. The number of amides is 1. The van der Waals surface area contributed by atoms with Crippen LogP contribution in [0.3, 0.4) is 0 Å². The Morgan fingerprint density at radius 3 is 2.96 bits per heavy atom. The lowest BCUT2D eigenvalue weighted by atomic mass is 10.1. The summed E-state index contributed by atoms with van der Waals surface area (Å²) in [5.41, 5.74) is 2.84. The van der Waals surface area contributed by atoms with Crippen LogP contribution in [0, 0.1) is 0 Å². The van der Waals surface area contributed by atoms with Crippen molar-refractivity contribution in [1.82, 2.24) is 14.9 Å². The van der Waals surface area contributed by atoms with Gasteiger partial charge in [-0.25, -0.2) is 4.98 Å². The lowest BCUT2D eigenvalue weighted by Crippen LogP contribution is -2.29. The Morgan fingerprint density at radius 1 is 1.36 bits per heavy atom. The van der Waals surface area contributed by atoms with E-state index < -0.39 is 0 Å². The maximum absolute atomic E-state index is 12.2. The summed E-state index contributed by atoms with van der Waals surface area (Å²) < 4.78 is 0. The van der Waals surface area contributed by atoms with E-state index in [1.165, 1.54) is 10.4 Å². The SMILES string of the molecule is O=C(Nc1nc2c(s1)CN(Cc1ccccc1)CC2)c1cc(Cl)c[nH]1. The number of fused-ring (bicyclic) bond motifs is 1. The Hall–Kier alpha value is -2.15. The van der Waals surface area contributed by atoms with Gasteiger partial charge in [-0.3, -0.25) is 15.0 Å². The number of aromatic amines is 1. The number of nitrogens with one attached hydrogen (secondary N) is 2. The third-order valence-electron chi connectivity index (χ3n) is 4.17. The van der Waals surface area contributed by atoms with Gasteiger partial charge >= 0.3 is 0 Å². The number of carbonyl (C=O) groups is 1. The molecule has 0 aliphatic carbocycles. The normalized spacial score (nSPS) is 14.3. The van der Waals surface area contributed by atoms with Gasteiger partial charge in [-0.15, -0.1) is 11.3 Å². The van der Waals surface area contributed by atoms with E-state index in [-0.39, 0.29) is 5.91 Å². The molecule has 0 spiro atoms. The molecule has 1 amide bonds. The van der Waals surface area contributed by atoms with Crippen molar-refractivity contribution in [2.24, 2.45) is 0 Å². The van der Waals surface area contributed by atoms with Crippen LogP contribution in [0.1, 0.15) is 26.6 Å². The first-order valence-electron chi connectivity index (χ1n) is 8.07. The standard InChI is InChI=1S/C18H17ClN4OS/c19-13-8-15(20-9-13)17(24)22-18-21-14-6-7-23(11-16(14)25-18)10-12-4-2-1-3-5-12/h1-5,8-9,20H,6-7,10-11H2,(H,21,22,24). The molecule has 1 aromatic carbocycles. The highest BCUT2D eigenvalue weighted by Gasteiger charge is 2.21. The van der Waals surface area contributed by atoms with Crippen LogP contribution in [0.4, 0.5) is 5.13 Å². The maximum Gasteiger partial charge on any atom is 0.273 e. The minimum atomic E-state index is -0.223. The highest BCUT2D eigenvalue weighted by Crippen LogP contribution is 2.29. The Bertz CT molecular complexity index is 890. The zero-order valence-electron chi connectivity index (χ0n) is 13.5. The van der Waals surface area contributed by atoms with Crippen LogP contribution in [0.5, 0.6) is 0 Å². The molecule has 3 aromatic rings. The summed E-state index contributed by atoms with van der Waals surface area (Å²) in [7, 11) is 0. The molecule has 0 saturated heterocycles. The lowest BCUT2D eigenvalue weighted by Gasteiger charge is -2.25. The summed E-state index contributed by atoms with van der Waals surface area (Å²) in [5, 5.41) is 4.01. The van der Waals surface area contributed by atoms with Crippen LogP contribution < -0.4 is 5.32 Å². The highest BCUT2D eigenvalue weighted by molar-refractivity contribution is 7.15. The molecule has 0 atom stereocenters. The molecule has 0 bridgehead atoms. The molecule has 4 rings (SSSR count). The van der Waals surface area contributed by atoms with Crippen molar-refractivity contribution in [3.63, 3.8) is 0 Å². The van der Waals surface area contributed by atoms with Crippen LogP contribution in [-0.4, -0.2) is 27.3 Å². The number of nitrogens with zero attached hydrogens (tertiary/aromatic N) is 2. The number of benzene rings is 1. The summed E-state index contributed by atoms with van der Waals surface area (Å²) in [6, 6.07) is 12.1. The molecule has 0 radical (unpaired) electrons. The van der Waals surface area contributed by atoms with Crippen molar-refractivity contribution in [2.45, 2.75) is 19.5 Å². The van der Waals surface area contributed by atoms with Gasteiger partial charge in [-0.1, -0.05) is 41.9 Å². The molecule has 7 heteroatoms. The minimum absolute atomic E-state index is 0.223. The highest BCUT2D eigenvalue weighted by atomic mass is 35.5. The van der Waals surface area contributed by atoms with E-state index in [1.54, 1.807) is 23.6 Å². The zero-order chi connectivity index (χ0) is 17.2. The average Bonchev–Trinajstić information content (AvgIpc) is 3.21. The second kappa shape index (κ2) is 7.00. The summed E-state index contributed by atoms with van der Waals surface area (Å²) in [6.07, 6.45) is 2.49. The van der Waals surface area contributed by atoms with Gasteiger partial charge < -0.3 is 4.98 Å². The summed E-state index contributed by atoms with van der Waals surface area (Å²) in [4.78, 5) is 23.3. The van der Waals surface area contributed by atoms with Gasteiger partial charge in [0, 0.05) is 37.1 Å². The van der Waals surface area contributed by atoms with Crippen LogP contribution in [-0.2, 0) is 19.5 Å². The number of hydrogen-bond acceptors (Lipinski definition) is 4. The largest absolute Gasteiger partial charge is 0.356 e. The fourth-order valence-electron chi connectivity index (χ4n) is 2.94. The molecule has 25 heavy (non-hydrogen) atoms. The molecule has 0 unspecified atom stereocenters. The fourth-order valence-corrected chi connectivity index (χ4v) is 4.15. The van der Waals surface area contributed by atoms with E-state index in [9.17, 15) is 4.79 Å². The summed E-state index contributed by atoms with van der Waals surface area (Å²) >= 11 is 7.39. The van der Waals surface area contributed by atoms with Gasteiger partial charge in [0.2, 0.25) is 0 Å². The Balaban J connectivity index is 1.43. The van der Waals surface area contributed by atoms with Crippen LogP contribution in [0.25, 0.3) is 0 Å². The second-order valence-corrected chi connectivity index (χ2v) is 7.54. The van der Waals surface area contributed by atoms with Gasteiger partial charge in [-0.2, -0.15) is 0 Å². The van der Waals surface area contributed by atoms with Gasteiger partial charge in [0.1, 0.15) is 5.69 Å². The molecule has 0 saturated carbocycles. The van der Waals surface area contributed by atoms with Crippen molar-refractivity contribution in [1.29, 1.82) is 0 Å². The average molecular weight is 373 g/mol. The molecule has 3 heterocycles. The van der Waals surface area contributed by atoms with Crippen molar-refractivity contribution in [3.05, 3.63) is 69.4 Å². The second-order valence-electron chi connectivity index (χ2n) is 6.02. The number of halogens is 1. The third-order valence-corrected chi connectivity index (χ3v) is 5.39. The smallest absolute Gasteiger partial charge is 0.273 e. The van der Waals surface area contributed by atoms with Crippen LogP contribution in [0.15, 0.2) is 42.6 Å². The van der Waals surface area contributed by atoms with E-state index in [0.717, 1.165) is 31.7 Å². The van der Waals surface area contributed by atoms with E-state index in [1.807, 2.05) is 6.07 Å². The topological polar surface area (TPSA) is 61.0 Å². The summed E-state index contributed by atoms with van der Waals surface area (Å²) in [5.74, 6) is -0.223. The van der Waals surface area contributed by atoms with E-state index in [4.69, 9.17) is 11.6 Å². The van der Waals surface area contributed by atoms with Crippen LogP contribution in [0.2, 0.25) is 5.02 Å². The molecule has 1 aliphatic heterocycles. The number of aromatic nitrogens is 2. The first-order chi connectivity index (χ1) is 12.2. The molecular formula is C18H17ClN4OS. The molecule has 128 valence electrons. The molecule has 0 fully saturated rings. The number of rotatable bonds is 4. The van der Waals surface area contributed by atoms with Gasteiger partial charge in [0.05, 0.1) is 10.7 Å². The number of hydrogen-bond donors (Lipinski definition) is 2. The molecule has 1 aliphatic rings. The molecule has 5 nitrogen and oxygen atoms in total. The van der Waals surface area contributed by atoms with Crippen molar-refractivity contribution in [3.8, 4) is 0 Å². The molecular weight excluding hydrogens is 356 g/mol. The van der Waals surface area contributed by atoms with Crippen molar-refractivity contribution < 1.29 is 4.79 Å². The minimum Gasteiger partial charge on any atom is -0.356 e.